The number of nitrogens with zero attached hydrogens (tertiary/aromatic N) is 3. The van der Waals surface area contributed by atoms with Crippen LogP contribution >= 0.6 is 0 Å². The van der Waals surface area contributed by atoms with Crippen molar-refractivity contribution in [3.05, 3.63) is 28.4 Å². The van der Waals surface area contributed by atoms with E-state index in [-0.39, 0.29) is 0 Å². The zero-order valence-electron chi connectivity index (χ0n) is 10.0. The summed E-state index contributed by atoms with van der Waals surface area (Å²) >= 11 is 0. The lowest BCUT2D eigenvalue weighted by Gasteiger charge is -2.19. The van der Waals surface area contributed by atoms with Crippen molar-refractivity contribution in [2.45, 2.75) is 11.3 Å². The van der Waals surface area contributed by atoms with Crippen LogP contribution in [0.1, 0.15) is 0 Å². The zero-order valence-corrected chi connectivity index (χ0v) is 10.8. The van der Waals surface area contributed by atoms with Crippen molar-refractivity contribution in [2.75, 3.05) is 19.7 Å². The molecule has 0 saturated carbocycles. The van der Waals surface area contributed by atoms with E-state index in [4.69, 9.17) is 5.11 Å². The maximum atomic E-state index is 12.3. The Balaban J connectivity index is 3.08. The number of alkyl halides is 2. The van der Waals surface area contributed by atoms with Gasteiger partial charge < -0.3 is 15.2 Å². The van der Waals surface area contributed by atoms with Crippen molar-refractivity contribution in [1.29, 1.82) is 0 Å². The average Bonchev–Trinajstić information content (AvgIpc) is 2.37. The standard InChI is InChI=1S/C9H11F2N3O5S/c10-8(11)6-13(3-4-15)20(18,19)7-1-2-9(12-5-7)14(16)17/h1-2,5,8,15H,3-4,6H2. The van der Waals surface area contributed by atoms with Crippen LogP contribution in [0.4, 0.5) is 14.6 Å². The molecule has 11 heteroatoms. The van der Waals surface area contributed by atoms with Gasteiger partial charge in [0.2, 0.25) is 10.0 Å². The van der Waals surface area contributed by atoms with Gasteiger partial charge in [0.1, 0.15) is 4.90 Å². The molecule has 20 heavy (non-hydrogen) atoms. The number of hydrogen-bond acceptors (Lipinski definition) is 6. The molecular formula is C9H11F2N3O5S. The number of rotatable bonds is 7. The van der Waals surface area contributed by atoms with Crippen molar-refractivity contribution in [3.63, 3.8) is 0 Å². The number of nitro groups is 1. The van der Waals surface area contributed by atoms with Gasteiger partial charge in [-0.25, -0.2) is 17.2 Å². The number of pyridine rings is 1. The maximum absolute atomic E-state index is 12.3. The lowest BCUT2D eigenvalue weighted by Crippen LogP contribution is -2.37. The van der Waals surface area contributed by atoms with Gasteiger partial charge in [-0.3, -0.25) is 0 Å². The summed E-state index contributed by atoms with van der Waals surface area (Å²) in [6.45, 7) is -2.23. The van der Waals surface area contributed by atoms with Crippen LogP contribution in [0, 0.1) is 10.1 Å². The van der Waals surface area contributed by atoms with Crippen molar-refractivity contribution >= 4 is 15.8 Å². The molecule has 0 spiro atoms. The number of hydrogen-bond donors (Lipinski definition) is 1. The molecule has 112 valence electrons. The highest BCUT2D eigenvalue weighted by Gasteiger charge is 2.28. The van der Waals surface area contributed by atoms with Crippen LogP contribution in [-0.2, 0) is 10.0 Å². The predicted molar refractivity (Wildman–Crippen MR) is 62.7 cm³/mol. The fourth-order valence-electron chi connectivity index (χ4n) is 1.36. The number of aliphatic hydroxyl groups excluding tert-OH is 1. The summed E-state index contributed by atoms with van der Waals surface area (Å²) < 4.78 is 49.1. The van der Waals surface area contributed by atoms with Crippen LogP contribution in [0.25, 0.3) is 0 Å². The SMILES string of the molecule is O=[N+]([O-])c1ccc(S(=O)(=O)N(CCO)CC(F)F)cn1. The van der Waals surface area contributed by atoms with Gasteiger partial charge in [0.25, 0.3) is 6.43 Å². The molecule has 1 rings (SSSR count). The molecule has 0 aliphatic carbocycles. The van der Waals surface area contributed by atoms with Gasteiger partial charge >= 0.3 is 5.82 Å². The molecule has 1 N–H and O–H groups in total. The van der Waals surface area contributed by atoms with E-state index >= 15 is 0 Å². The van der Waals surface area contributed by atoms with Crippen LogP contribution < -0.4 is 0 Å². The first-order valence-electron chi connectivity index (χ1n) is 5.28. The monoisotopic (exact) mass is 311 g/mol. The largest absolute Gasteiger partial charge is 0.395 e. The van der Waals surface area contributed by atoms with Crippen molar-refractivity contribution < 1.29 is 27.2 Å². The van der Waals surface area contributed by atoms with Gasteiger partial charge in [-0.05, 0) is 16.0 Å². The molecule has 0 unspecified atom stereocenters. The highest BCUT2D eigenvalue weighted by Crippen LogP contribution is 2.18. The van der Waals surface area contributed by atoms with Crippen LogP contribution in [0.5, 0.6) is 0 Å². The Hall–Kier alpha value is -1.72. The lowest BCUT2D eigenvalue weighted by atomic mass is 10.5. The van der Waals surface area contributed by atoms with E-state index in [0.717, 1.165) is 12.1 Å². The van der Waals surface area contributed by atoms with Gasteiger partial charge in [0.05, 0.1) is 13.2 Å². The minimum atomic E-state index is -4.29. The molecule has 0 saturated heterocycles. The highest BCUT2D eigenvalue weighted by molar-refractivity contribution is 7.89. The van der Waals surface area contributed by atoms with Crippen LogP contribution in [-0.4, -0.2) is 53.9 Å². The first kappa shape index (κ1) is 16.3. The quantitative estimate of drug-likeness (QED) is 0.570. The predicted octanol–water partition coefficient (Wildman–Crippen LogP) is 0.238. The second-order valence-electron chi connectivity index (χ2n) is 3.59. The van der Waals surface area contributed by atoms with Crippen molar-refractivity contribution in [1.82, 2.24) is 9.29 Å². The summed E-state index contributed by atoms with van der Waals surface area (Å²) in [6, 6.07) is 1.75. The third-order valence-electron chi connectivity index (χ3n) is 2.24. The van der Waals surface area contributed by atoms with E-state index < -0.39 is 51.8 Å². The molecule has 0 amide bonds. The van der Waals surface area contributed by atoms with Gasteiger partial charge in [-0.2, -0.15) is 4.31 Å². The molecule has 1 aromatic rings. The summed E-state index contributed by atoms with van der Waals surface area (Å²) in [5.74, 6) is -0.563. The molecular weight excluding hydrogens is 300 g/mol. The Kier molecular flexibility index (Phi) is 5.42. The van der Waals surface area contributed by atoms with Crippen molar-refractivity contribution in [2.24, 2.45) is 0 Å². The van der Waals surface area contributed by atoms with Gasteiger partial charge in [0, 0.05) is 12.6 Å². The van der Waals surface area contributed by atoms with E-state index in [9.17, 15) is 27.3 Å². The summed E-state index contributed by atoms with van der Waals surface area (Å²) in [4.78, 5) is 12.4. The van der Waals surface area contributed by atoms with Crippen LogP contribution in [0.3, 0.4) is 0 Å². The van der Waals surface area contributed by atoms with E-state index in [1.165, 1.54) is 0 Å². The maximum Gasteiger partial charge on any atom is 0.363 e. The fraction of sp³-hybridized carbons (Fsp3) is 0.444. The molecule has 8 nitrogen and oxygen atoms in total. The van der Waals surface area contributed by atoms with E-state index in [2.05, 4.69) is 4.98 Å². The average molecular weight is 311 g/mol. The molecule has 0 bridgehead atoms. The van der Waals surface area contributed by atoms with Gasteiger partial charge in [-0.1, -0.05) is 0 Å². The normalized spacial score (nSPS) is 12.1. The Labute approximate surface area is 112 Å². The molecule has 0 fully saturated rings. The summed E-state index contributed by atoms with van der Waals surface area (Å²) in [7, 11) is -4.29. The molecule has 0 aliphatic heterocycles. The minimum Gasteiger partial charge on any atom is -0.395 e. The van der Waals surface area contributed by atoms with Crippen LogP contribution in [0.2, 0.25) is 0 Å². The van der Waals surface area contributed by atoms with Crippen molar-refractivity contribution in [3.8, 4) is 0 Å². The fourth-order valence-corrected chi connectivity index (χ4v) is 2.71. The molecule has 1 aromatic heterocycles. The van der Waals surface area contributed by atoms with Gasteiger partial charge in [-0.15, -0.1) is 0 Å². The Morgan fingerprint density at radius 3 is 2.50 bits per heavy atom. The first-order valence-corrected chi connectivity index (χ1v) is 6.72. The Morgan fingerprint density at radius 1 is 1.45 bits per heavy atom. The summed E-state index contributed by atoms with van der Waals surface area (Å²) in [6.07, 6.45) is -2.20. The third kappa shape index (κ3) is 3.88. The molecule has 0 atom stereocenters. The lowest BCUT2D eigenvalue weighted by molar-refractivity contribution is -0.389. The second-order valence-corrected chi connectivity index (χ2v) is 5.52. The third-order valence-corrected chi connectivity index (χ3v) is 4.09. The molecule has 0 radical (unpaired) electrons. The van der Waals surface area contributed by atoms with E-state index in [1.54, 1.807) is 0 Å². The number of halogens is 2. The molecule has 0 aliphatic rings. The highest BCUT2D eigenvalue weighted by atomic mass is 32.2. The topological polar surface area (TPSA) is 114 Å². The number of aliphatic hydroxyl groups is 1. The molecule has 1 heterocycles. The first-order chi connectivity index (χ1) is 9.28. The summed E-state index contributed by atoms with van der Waals surface area (Å²) in [5, 5.41) is 19.1. The number of aromatic nitrogens is 1. The second kappa shape index (κ2) is 6.63. The van der Waals surface area contributed by atoms with Crippen LogP contribution in [0.15, 0.2) is 23.2 Å². The Morgan fingerprint density at radius 2 is 2.10 bits per heavy atom. The minimum absolute atomic E-state index is 0.389. The van der Waals surface area contributed by atoms with E-state index in [0.29, 0.717) is 10.5 Å². The molecule has 0 aromatic carbocycles. The Bertz CT molecular complexity index is 563. The van der Waals surface area contributed by atoms with Gasteiger partial charge in [0.15, 0.2) is 6.20 Å². The smallest absolute Gasteiger partial charge is 0.363 e. The number of sulfonamides is 1. The van der Waals surface area contributed by atoms with E-state index in [1.807, 2.05) is 0 Å². The zero-order chi connectivity index (χ0) is 15.3. The summed E-state index contributed by atoms with van der Waals surface area (Å²) in [5.41, 5.74) is 0.